The summed E-state index contributed by atoms with van der Waals surface area (Å²) in [5.74, 6) is 3.42. The molecule has 0 aromatic carbocycles. The summed E-state index contributed by atoms with van der Waals surface area (Å²) in [5.41, 5.74) is 0.683. The second-order valence-electron chi connectivity index (χ2n) is 6.58. The highest BCUT2D eigenvalue weighted by Crippen LogP contribution is 2.48. The van der Waals surface area contributed by atoms with Crippen LogP contribution in [0.25, 0.3) is 0 Å². The van der Waals surface area contributed by atoms with Crippen LogP contribution in [0.1, 0.15) is 43.0 Å². The van der Waals surface area contributed by atoms with Crippen LogP contribution >= 0.6 is 0 Å². The van der Waals surface area contributed by atoms with E-state index in [0.717, 1.165) is 30.7 Å². The third kappa shape index (κ3) is 3.04. The molecule has 0 aliphatic heterocycles. The van der Waals surface area contributed by atoms with Crippen molar-refractivity contribution in [1.82, 2.24) is 9.88 Å². The van der Waals surface area contributed by atoms with Crippen molar-refractivity contribution < 1.29 is 4.79 Å². The highest BCUT2D eigenvalue weighted by atomic mass is 16.2. The van der Waals surface area contributed by atoms with Gasteiger partial charge in [0.25, 0.3) is 5.91 Å². The number of fused-ring (bicyclic) bond motifs is 2. The van der Waals surface area contributed by atoms with E-state index in [4.69, 9.17) is 0 Å². The first-order valence-electron chi connectivity index (χ1n) is 8.12. The standard InChI is InChI=1S/C17H25N3O/c1-3-18-16-7-6-14(10-19-16)17(21)20(2)11-15-9-12-4-5-13(15)8-12/h6-7,10,12-13,15H,3-5,8-9,11H2,1-2H3,(H,18,19). The number of rotatable bonds is 5. The Labute approximate surface area is 126 Å². The Bertz CT molecular complexity index is 499. The van der Waals surface area contributed by atoms with Gasteiger partial charge in [0.15, 0.2) is 0 Å². The first-order chi connectivity index (χ1) is 10.2. The van der Waals surface area contributed by atoms with Crippen LogP contribution in [0.5, 0.6) is 0 Å². The number of pyridine rings is 1. The molecule has 4 heteroatoms. The minimum atomic E-state index is 0.0910. The van der Waals surface area contributed by atoms with Crippen LogP contribution < -0.4 is 5.32 Å². The molecular formula is C17H25N3O. The number of hydrogen-bond donors (Lipinski definition) is 1. The molecule has 1 aromatic rings. The summed E-state index contributed by atoms with van der Waals surface area (Å²) in [6.07, 6.45) is 7.17. The molecule has 3 atom stereocenters. The Hall–Kier alpha value is -1.58. The highest BCUT2D eigenvalue weighted by Gasteiger charge is 2.40. The number of anilines is 1. The van der Waals surface area contributed by atoms with E-state index in [2.05, 4.69) is 10.3 Å². The van der Waals surface area contributed by atoms with Crippen LogP contribution in [0.15, 0.2) is 18.3 Å². The van der Waals surface area contributed by atoms with E-state index in [1.807, 2.05) is 31.0 Å². The lowest BCUT2D eigenvalue weighted by Gasteiger charge is -2.27. The molecule has 0 spiro atoms. The van der Waals surface area contributed by atoms with E-state index >= 15 is 0 Å². The summed E-state index contributed by atoms with van der Waals surface area (Å²) in [6.45, 7) is 3.77. The lowest BCUT2D eigenvalue weighted by molar-refractivity contribution is 0.0754. The first-order valence-corrected chi connectivity index (χ1v) is 8.12. The molecular weight excluding hydrogens is 262 g/mol. The van der Waals surface area contributed by atoms with Crippen molar-refractivity contribution in [3.63, 3.8) is 0 Å². The van der Waals surface area contributed by atoms with Gasteiger partial charge in [-0.2, -0.15) is 0 Å². The van der Waals surface area contributed by atoms with Crippen LogP contribution in [-0.2, 0) is 0 Å². The summed E-state index contributed by atoms with van der Waals surface area (Å²) < 4.78 is 0. The number of aromatic nitrogens is 1. The summed E-state index contributed by atoms with van der Waals surface area (Å²) in [4.78, 5) is 18.6. The van der Waals surface area contributed by atoms with Crippen molar-refractivity contribution in [2.45, 2.75) is 32.6 Å². The fourth-order valence-corrected chi connectivity index (χ4v) is 4.06. The van der Waals surface area contributed by atoms with Crippen molar-refractivity contribution in [1.29, 1.82) is 0 Å². The molecule has 4 nitrogen and oxygen atoms in total. The van der Waals surface area contributed by atoms with Crippen LogP contribution in [0.3, 0.4) is 0 Å². The molecule has 0 saturated heterocycles. The summed E-state index contributed by atoms with van der Waals surface area (Å²) in [7, 11) is 1.92. The molecule has 3 rings (SSSR count). The summed E-state index contributed by atoms with van der Waals surface area (Å²) in [6, 6.07) is 3.74. The molecule has 2 aliphatic rings. The zero-order chi connectivity index (χ0) is 14.8. The van der Waals surface area contributed by atoms with Gasteiger partial charge in [-0.1, -0.05) is 6.42 Å². The Morgan fingerprint density at radius 3 is 2.81 bits per heavy atom. The molecule has 1 heterocycles. The third-order valence-corrected chi connectivity index (χ3v) is 5.11. The highest BCUT2D eigenvalue weighted by molar-refractivity contribution is 5.93. The van der Waals surface area contributed by atoms with Gasteiger partial charge in [-0.25, -0.2) is 4.98 Å². The Morgan fingerprint density at radius 1 is 1.38 bits per heavy atom. The number of amides is 1. The van der Waals surface area contributed by atoms with Crippen molar-refractivity contribution in [3.05, 3.63) is 23.9 Å². The smallest absolute Gasteiger partial charge is 0.255 e. The van der Waals surface area contributed by atoms with E-state index in [9.17, 15) is 4.79 Å². The fraction of sp³-hybridized carbons (Fsp3) is 0.647. The summed E-state index contributed by atoms with van der Waals surface area (Å²) in [5, 5.41) is 3.14. The molecule has 0 radical (unpaired) electrons. The molecule has 1 aromatic heterocycles. The van der Waals surface area contributed by atoms with E-state index in [1.165, 1.54) is 25.7 Å². The van der Waals surface area contributed by atoms with Gasteiger partial charge in [0.05, 0.1) is 5.56 Å². The normalized spacial score (nSPS) is 26.9. The third-order valence-electron chi connectivity index (χ3n) is 5.11. The number of hydrogen-bond acceptors (Lipinski definition) is 3. The predicted molar refractivity (Wildman–Crippen MR) is 84.3 cm³/mol. The van der Waals surface area contributed by atoms with Crippen molar-refractivity contribution in [3.8, 4) is 0 Å². The number of nitrogens with zero attached hydrogens (tertiary/aromatic N) is 2. The quantitative estimate of drug-likeness (QED) is 0.905. The molecule has 114 valence electrons. The number of nitrogens with one attached hydrogen (secondary N) is 1. The minimum absolute atomic E-state index is 0.0910. The van der Waals surface area contributed by atoms with Crippen molar-refractivity contribution in [2.24, 2.45) is 17.8 Å². The van der Waals surface area contributed by atoms with Gasteiger partial charge in [0, 0.05) is 26.3 Å². The minimum Gasteiger partial charge on any atom is -0.370 e. The Morgan fingerprint density at radius 2 is 2.24 bits per heavy atom. The average molecular weight is 287 g/mol. The van der Waals surface area contributed by atoms with Gasteiger partial charge in [-0.3, -0.25) is 4.79 Å². The second-order valence-corrected chi connectivity index (χ2v) is 6.58. The zero-order valence-electron chi connectivity index (χ0n) is 13.0. The van der Waals surface area contributed by atoms with Gasteiger partial charge >= 0.3 is 0 Å². The topological polar surface area (TPSA) is 45.2 Å². The summed E-state index contributed by atoms with van der Waals surface area (Å²) >= 11 is 0. The van der Waals surface area contributed by atoms with Crippen LogP contribution in [0.4, 0.5) is 5.82 Å². The van der Waals surface area contributed by atoms with Crippen LogP contribution in [-0.4, -0.2) is 35.9 Å². The molecule has 2 bridgehead atoms. The Balaban J connectivity index is 1.59. The average Bonchev–Trinajstić information content (AvgIpc) is 3.10. The van der Waals surface area contributed by atoms with E-state index < -0.39 is 0 Å². The van der Waals surface area contributed by atoms with Crippen molar-refractivity contribution in [2.75, 3.05) is 25.5 Å². The van der Waals surface area contributed by atoms with Crippen LogP contribution in [0, 0.1) is 17.8 Å². The van der Waals surface area contributed by atoms with E-state index in [-0.39, 0.29) is 5.91 Å². The lowest BCUT2D eigenvalue weighted by Crippen LogP contribution is -2.33. The van der Waals surface area contributed by atoms with E-state index in [1.54, 1.807) is 6.20 Å². The maximum Gasteiger partial charge on any atom is 0.255 e. The Kier molecular flexibility index (Phi) is 4.13. The maximum absolute atomic E-state index is 12.5. The van der Waals surface area contributed by atoms with Gasteiger partial charge in [-0.15, -0.1) is 0 Å². The van der Waals surface area contributed by atoms with Gasteiger partial charge in [0.1, 0.15) is 5.82 Å². The molecule has 1 amide bonds. The maximum atomic E-state index is 12.5. The SMILES string of the molecule is CCNc1ccc(C(=O)N(C)CC2CC3CCC2C3)cn1. The molecule has 2 aliphatic carbocycles. The monoisotopic (exact) mass is 287 g/mol. The molecule has 2 fully saturated rings. The molecule has 21 heavy (non-hydrogen) atoms. The van der Waals surface area contributed by atoms with Crippen LogP contribution in [0.2, 0.25) is 0 Å². The van der Waals surface area contributed by atoms with Gasteiger partial charge in [0.2, 0.25) is 0 Å². The molecule has 1 N–H and O–H groups in total. The van der Waals surface area contributed by atoms with E-state index in [0.29, 0.717) is 11.5 Å². The predicted octanol–water partition coefficient (Wildman–Crippen LogP) is 3.02. The first kappa shape index (κ1) is 14.4. The number of carbonyl (C=O) groups excluding carboxylic acids is 1. The van der Waals surface area contributed by atoms with Crippen molar-refractivity contribution >= 4 is 11.7 Å². The fourth-order valence-electron chi connectivity index (χ4n) is 4.06. The van der Waals surface area contributed by atoms with Gasteiger partial charge < -0.3 is 10.2 Å². The lowest BCUT2D eigenvalue weighted by atomic mass is 9.88. The zero-order valence-corrected chi connectivity index (χ0v) is 13.0. The molecule has 3 unspecified atom stereocenters. The molecule has 2 saturated carbocycles. The second kappa shape index (κ2) is 6.04. The van der Waals surface area contributed by atoms with Gasteiger partial charge in [-0.05, 0) is 56.1 Å². The number of carbonyl (C=O) groups is 1. The largest absolute Gasteiger partial charge is 0.370 e.